The largest absolute Gasteiger partial charge is 1.00 e. The minimum atomic E-state index is -0.839. The lowest BCUT2D eigenvalue weighted by atomic mass is 9.98. The number of halogens is 3. The highest BCUT2D eigenvalue weighted by Gasteiger charge is 2.30. The Morgan fingerprint density at radius 3 is 1.24 bits per heavy atom. The Hall–Kier alpha value is -1.76. The number of carbonyl (C=O) groups excluding carboxylic acids is 3. The molecule has 592 valence electrons. The molecule has 25 heteroatoms. The van der Waals surface area contributed by atoms with E-state index in [-0.39, 0.29) is 54.8 Å². The maximum absolute atomic E-state index is 12.9. The number of hydrogen-bond donors (Lipinski definition) is 5. The Balaban J connectivity index is -0.00000134. The van der Waals surface area contributed by atoms with Gasteiger partial charge in [0.05, 0.1) is 45.8 Å². The van der Waals surface area contributed by atoms with E-state index in [0.29, 0.717) is 16.4 Å². The molecule has 0 saturated carbocycles. The molecule has 4 unspecified atom stereocenters. The van der Waals surface area contributed by atoms with Crippen molar-refractivity contribution in [3.8, 4) is 0 Å². The summed E-state index contributed by atoms with van der Waals surface area (Å²) in [6, 6.07) is 5.74. The summed E-state index contributed by atoms with van der Waals surface area (Å²) in [7, 11) is 8.14. The second-order valence-corrected chi connectivity index (χ2v) is 35.5. The average molecular weight is 1640 g/mol. The summed E-state index contributed by atoms with van der Waals surface area (Å²) in [6.45, 7) is 18.9. The molecular weight excluding hydrogens is 1510 g/mol. The molecule has 0 aliphatic carbocycles. The molecule has 103 heavy (non-hydrogen) atoms. The Bertz CT molecular complexity index is 2550. The highest BCUT2D eigenvalue weighted by molar-refractivity contribution is 8.34. The van der Waals surface area contributed by atoms with Crippen molar-refractivity contribution in [1.29, 1.82) is 0 Å². The number of thioether (sulfide) groups is 8. The number of rotatable bonds is 49. The number of hydrogen-bond acceptors (Lipinski definition) is 18. The number of amides is 3. The average Bonchev–Trinajstić information content (AvgIpc) is 1.69. The summed E-state index contributed by atoms with van der Waals surface area (Å²) in [5.74, 6) is -0.677. The van der Waals surface area contributed by atoms with E-state index in [0.717, 1.165) is 73.2 Å². The third-order valence-corrected chi connectivity index (χ3v) is 26.9. The van der Waals surface area contributed by atoms with Gasteiger partial charge in [-0.25, -0.2) is 14.8 Å². The van der Waals surface area contributed by atoms with Gasteiger partial charge in [-0.15, -0.1) is 23.2 Å². The Morgan fingerprint density at radius 1 is 0.534 bits per heavy atom. The molecule has 0 aromatic carbocycles. The van der Waals surface area contributed by atoms with Crippen LogP contribution in [0.2, 0.25) is 0 Å². The first-order valence-electron chi connectivity index (χ1n) is 38.3. The van der Waals surface area contributed by atoms with Gasteiger partial charge >= 0.3 is 7.40 Å². The first kappa shape index (κ1) is 103. The summed E-state index contributed by atoms with van der Waals surface area (Å²) in [5, 5.41) is 29.7. The maximum Gasteiger partial charge on any atom is 1.00 e. The molecule has 0 fully saturated rings. The van der Waals surface area contributed by atoms with Crippen LogP contribution in [-0.2, 0) is 19.2 Å². The van der Waals surface area contributed by atoms with E-state index in [9.17, 15) is 19.2 Å². The molecule has 0 spiro atoms. The van der Waals surface area contributed by atoms with Gasteiger partial charge in [-0.05, 0) is 103 Å². The molecule has 5 heterocycles. The van der Waals surface area contributed by atoms with E-state index >= 15 is 0 Å². The zero-order chi connectivity index (χ0) is 75.5. The molecule has 0 bridgehead atoms. The van der Waals surface area contributed by atoms with E-state index in [1.807, 2.05) is 68.1 Å². The number of aliphatic carboxylic acids is 1. The van der Waals surface area contributed by atoms with Crippen LogP contribution < -0.4 is 39.0 Å². The van der Waals surface area contributed by atoms with Gasteiger partial charge in [0.25, 0.3) is 5.91 Å². The van der Waals surface area contributed by atoms with Crippen LogP contribution in [0.25, 0.3) is 0 Å². The van der Waals surface area contributed by atoms with Gasteiger partial charge < -0.3 is 49.0 Å². The predicted molar refractivity (Wildman–Crippen MR) is 465 cm³/mol. The number of unbranched alkanes of at least 4 members (excludes halogenated alkanes) is 30. The zero-order valence-corrected chi connectivity index (χ0v) is 73.7. The molecule has 4 atom stereocenters. The van der Waals surface area contributed by atoms with Crippen LogP contribution in [-0.4, -0.2) is 123 Å². The minimum Gasteiger partial charge on any atom is -1.00 e. The van der Waals surface area contributed by atoms with E-state index in [1.54, 1.807) is 76.6 Å². The summed E-state index contributed by atoms with van der Waals surface area (Å²) >= 11 is 22.2. The van der Waals surface area contributed by atoms with Gasteiger partial charge in [0.1, 0.15) is 10.9 Å². The standard InChI is InChI=1S/C31H52N2O2S4.C24H50N2O.C8H17N3.C7H10N2.C7H4O2S4.CH2Cl2.ClH/c1-4-6-7-8-9-10-11-12-13-14-15-16-17-18-19-20-21-32-29(35)27(25(3)5-2)33-28(34)26-24-38-31(39-26)30-36-22-23-37-30;1-4-6-7-8-9-10-11-12-13-14-15-16-17-18-19-20-21-26-24(27)23(25)22(3)5-2;1-4-9-8-10-6-5-7-11(2)3;1-9(2)7-3-5-8-6-4-7;8-5(9)4-3-12-7(13-4)6-10-1-2-11-6;2-1-3;/h22-25,27H,4-21H2,1-3H3,(H,32,35)(H,33,34);22-23H,4-21,25H2,1-3H3,(H,26,27);4-7H2,1-3H3;3-6H,1-2H3;1-3H,(H,8,9);1H2;1H. The number of aromatic nitrogens is 1. The minimum absolute atomic E-state index is 0. The number of nitrogens with zero attached hydrogens (tertiary/aromatic N) is 5. The molecule has 6 N–H and O–H groups in total. The number of carboxylic acid groups (broad SMARTS) is 1. The number of pyridine rings is 1. The van der Waals surface area contributed by atoms with Crippen molar-refractivity contribution in [2.24, 2.45) is 27.6 Å². The van der Waals surface area contributed by atoms with E-state index in [2.05, 4.69) is 94.4 Å². The molecule has 4 aliphatic heterocycles. The van der Waals surface area contributed by atoms with Crippen LogP contribution in [0.3, 0.4) is 0 Å². The summed E-state index contributed by atoms with van der Waals surface area (Å²) in [4.78, 5) is 65.4. The Morgan fingerprint density at radius 2 is 0.903 bits per heavy atom. The number of anilines is 1. The van der Waals surface area contributed by atoms with Gasteiger partial charge in [-0.3, -0.25) is 19.4 Å². The van der Waals surface area contributed by atoms with Crippen molar-refractivity contribution in [2.45, 2.75) is 285 Å². The van der Waals surface area contributed by atoms with Crippen molar-refractivity contribution < 1.29 is 38.1 Å². The molecule has 5 rings (SSSR count). The fraction of sp³-hybridized carbons (Fsp3) is 0.718. The second kappa shape index (κ2) is 74.3. The third-order valence-electron chi connectivity index (χ3n) is 16.9. The number of alkyl halides is 2. The molecule has 14 nitrogen and oxygen atoms in total. The van der Waals surface area contributed by atoms with Gasteiger partial charge in [-0.2, -0.15) is 0 Å². The van der Waals surface area contributed by atoms with Crippen molar-refractivity contribution in [3.05, 3.63) is 83.7 Å². The molecule has 4 aliphatic rings. The van der Waals surface area contributed by atoms with Gasteiger partial charge in [0, 0.05) is 51.8 Å². The lowest BCUT2D eigenvalue weighted by Gasteiger charge is -2.23. The monoisotopic (exact) mass is 1640 g/mol. The van der Waals surface area contributed by atoms with Gasteiger partial charge in [0.15, 0.2) is 0 Å². The lowest BCUT2D eigenvalue weighted by Crippen LogP contribution is -3.00. The lowest BCUT2D eigenvalue weighted by molar-refractivity contribution is -0.131. The Labute approximate surface area is 678 Å². The summed E-state index contributed by atoms with van der Waals surface area (Å²) < 4.78 is 4.63. The first-order chi connectivity index (χ1) is 49.5. The fourth-order valence-electron chi connectivity index (χ4n) is 10.2. The van der Waals surface area contributed by atoms with Crippen molar-refractivity contribution >= 4 is 153 Å². The van der Waals surface area contributed by atoms with Crippen LogP contribution in [0.4, 0.5) is 5.69 Å². The molecule has 1 aromatic rings. The van der Waals surface area contributed by atoms with Crippen LogP contribution >= 0.6 is 117 Å². The molecule has 0 radical (unpaired) electrons. The zero-order valence-electron chi connectivity index (χ0n) is 65.9. The first-order valence-corrected chi connectivity index (χ1v) is 46.3. The molecule has 0 saturated heterocycles. The Kier molecular flexibility index (Phi) is 74.5. The van der Waals surface area contributed by atoms with Crippen LogP contribution in [0.5, 0.6) is 0 Å². The molecule has 1 aromatic heterocycles. The highest BCUT2D eigenvalue weighted by atomic mass is 35.5. The highest BCUT2D eigenvalue weighted by Crippen LogP contribution is 2.54. The SMILES string of the molecule is CCCCCCCCCCCCCCCCCCNC(=O)C(N)C(C)CC.CCCCCCCCCCCCCCCCCCNC(=O)C(NC(=O)C1=CSC(=C2SC=CS2)S1)C(C)CC.CCN=C=NCCCN(C)C.CN(C)c1ccncc1.ClCCl.O=C(O)C1=CSC(=C2SC=CS2)S1.[Cl-].[H+]. The normalized spacial score (nSPS) is 14.4. The number of nitrogens with one attached hydrogen (secondary N) is 3. The van der Waals surface area contributed by atoms with Gasteiger partial charge in [-0.1, -0.05) is 341 Å². The van der Waals surface area contributed by atoms with Crippen molar-refractivity contribution in [3.63, 3.8) is 0 Å². The number of aliphatic imine (C=N–C) groups is 2. The van der Waals surface area contributed by atoms with Crippen molar-refractivity contribution in [2.75, 3.05) is 71.2 Å². The summed E-state index contributed by atoms with van der Waals surface area (Å²) in [5.41, 5.74) is 7.12. The number of nitrogens with two attached hydrogens (primary N) is 1. The van der Waals surface area contributed by atoms with Crippen molar-refractivity contribution in [1.82, 2.24) is 25.8 Å². The maximum atomic E-state index is 12.9. The van der Waals surface area contributed by atoms with Crippen LogP contribution in [0.15, 0.2) is 93.7 Å². The summed E-state index contributed by atoms with van der Waals surface area (Å²) in [6.07, 6.45) is 49.9. The van der Waals surface area contributed by atoms with E-state index in [4.69, 9.17) is 34.0 Å². The number of carbonyl (C=O) groups is 4. The topological polar surface area (TPSA) is 195 Å². The smallest absolute Gasteiger partial charge is 1.00 e. The van der Waals surface area contributed by atoms with E-state index in [1.165, 1.54) is 236 Å². The molecule has 3 amide bonds. The second-order valence-electron chi connectivity index (χ2n) is 26.1. The van der Waals surface area contributed by atoms with Gasteiger partial charge in [0.2, 0.25) is 11.8 Å². The van der Waals surface area contributed by atoms with Crippen LogP contribution in [0.1, 0.15) is 275 Å². The molecular formula is C78H136Cl3N9O5S8. The predicted octanol–water partition coefficient (Wildman–Crippen LogP) is 21.3. The van der Waals surface area contributed by atoms with Crippen LogP contribution in [0, 0.1) is 11.8 Å². The van der Waals surface area contributed by atoms with E-state index < -0.39 is 12.0 Å². The fourth-order valence-corrected chi connectivity index (χ4v) is 18.8. The quantitative estimate of drug-likeness (QED) is 0.0235. The third kappa shape index (κ3) is 58.8. The number of carboxylic acids is 1.